The third-order valence-corrected chi connectivity index (χ3v) is 8.43. The molecule has 5 N–H and O–H groups in total. The molecule has 1 aliphatic heterocycles. The van der Waals surface area contributed by atoms with E-state index in [4.69, 9.17) is 24.3 Å². The summed E-state index contributed by atoms with van der Waals surface area (Å²) in [5.74, 6) is -0.0973. The molecule has 2 aliphatic rings. The Morgan fingerprint density at radius 1 is 1.23 bits per heavy atom. The van der Waals surface area contributed by atoms with E-state index in [2.05, 4.69) is 15.2 Å². The fourth-order valence-electron chi connectivity index (χ4n) is 4.83. The lowest BCUT2D eigenvalue weighted by atomic mass is 9.97. The molecule has 0 amide bonds. The standard InChI is InChI=1S/C25H32N5O8P/c1-25(23(33)21(32)22(37-25)18-11-12-19-24(26)27-15-28-30(18)19)14-35-39(34,38-17-9-3-2-4-10-17)29-13-20(31)36-16-7-5-6-8-16/h2-4,9-12,15-16,21-23,32-33H,5-8,13-14H2,1H3,(H,29,34)(H2,26,27,28)/t21-,22-,23-,25+,39+/m0/s1. The van der Waals surface area contributed by atoms with Gasteiger partial charge in [0.05, 0.1) is 12.3 Å². The maximum atomic E-state index is 13.7. The highest BCUT2D eigenvalue weighted by atomic mass is 31.2. The fourth-order valence-corrected chi connectivity index (χ4v) is 6.19. The van der Waals surface area contributed by atoms with Crippen molar-refractivity contribution in [2.45, 2.75) is 62.6 Å². The number of ether oxygens (including phenoxy) is 2. The number of nitrogens with two attached hydrogens (primary N) is 1. The van der Waals surface area contributed by atoms with Crippen LogP contribution in [0.4, 0.5) is 5.82 Å². The molecule has 210 valence electrons. The van der Waals surface area contributed by atoms with Gasteiger partial charge in [0.2, 0.25) is 0 Å². The van der Waals surface area contributed by atoms with Crippen LogP contribution in [0.1, 0.15) is 44.4 Å². The van der Waals surface area contributed by atoms with Crippen LogP contribution in [0, 0.1) is 0 Å². The zero-order valence-electron chi connectivity index (χ0n) is 21.4. The van der Waals surface area contributed by atoms with Crippen LogP contribution in [0.5, 0.6) is 5.75 Å². The lowest BCUT2D eigenvalue weighted by Gasteiger charge is -2.29. The molecular formula is C25H32N5O8P. The highest BCUT2D eigenvalue weighted by molar-refractivity contribution is 7.52. The van der Waals surface area contributed by atoms with Crippen LogP contribution in [0.15, 0.2) is 48.8 Å². The summed E-state index contributed by atoms with van der Waals surface area (Å²) >= 11 is 0. The maximum absolute atomic E-state index is 13.7. The van der Waals surface area contributed by atoms with E-state index in [1.54, 1.807) is 42.5 Å². The second-order valence-electron chi connectivity index (χ2n) is 9.89. The van der Waals surface area contributed by atoms with E-state index in [1.807, 2.05) is 0 Å². The van der Waals surface area contributed by atoms with Crippen molar-refractivity contribution in [1.29, 1.82) is 0 Å². The lowest BCUT2D eigenvalue weighted by molar-refractivity contribution is -0.147. The molecule has 39 heavy (non-hydrogen) atoms. The van der Waals surface area contributed by atoms with Gasteiger partial charge >= 0.3 is 13.7 Å². The van der Waals surface area contributed by atoms with E-state index in [0.29, 0.717) is 11.2 Å². The van der Waals surface area contributed by atoms with Crippen LogP contribution in [-0.2, 0) is 23.4 Å². The Hall–Kier alpha value is -3.06. The van der Waals surface area contributed by atoms with E-state index in [9.17, 15) is 19.6 Å². The molecule has 2 fully saturated rings. The van der Waals surface area contributed by atoms with Gasteiger partial charge in [-0.25, -0.2) is 19.2 Å². The number of esters is 1. The predicted molar refractivity (Wildman–Crippen MR) is 139 cm³/mol. The molecular weight excluding hydrogens is 529 g/mol. The number of rotatable bonds is 10. The average molecular weight is 562 g/mol. The van der Waals surface area contributed by atoms with Crippen LogP contribution < -0.4 is 15.3 Å². The van der Waals surface area contributed by atoms with E-state index in [0.717, 1.165) is 25.7 Å². The number of benzene rings is 1. The number of nitrogens with zero attached hydrogens (tertiary/aromatic N) is 3. The van der Waals surface area contributed by atoms with Crippen molar-refractivity contribution in [3.8, 4) is 5.75 Å². The Labute approximate surface area is 224 Å². The third-order valence-electron chi connectivity index (χ3n) is 6.97. The lowest BCUT2D eigenvalue weighted by Crippen LogP contribution is -2.44. The number of carbonyl (C=O) groups is 1. The van der Waals surface area contributed by atoms with Gasteiger partial charge in [-0.15, -0.1) is 0 Å². The Bertz CT molecular complexity index is 1350. The van der Waals surface area contributed by atoms with Gasteiger partial charge in [-0.3, -0.25) is 9.32 Å². The molecule has 0 spiro atoms. The summed E-state index contributed by atoms with van der Waals surface area (Å²) in [5, 5.41) is 28.5. The maximum Gasteiger partial charge on any atom is 0.459 e. The van der Waals surface area contributed by atoms with Gasteiger partial charge in [-0.05, 0) is 56.9 Å². The summed E-state index contributed by atoms with van der Waals surface area (Å²) in [6, 6.07) is 11.7. The summed E-state index contributed by atoms with van der Waals surface area (Å²) in [7, 11) is -4.17. The Balaban J connectivity index is 1.30. The van der Waals surface area contributed by atoms with Crippen molar-refractivity contribution >= 4 is 25.1 Å². The van der Waals surface area contributed by atoms with Gasteiger partial charge in [-0.1, -0.05) is 18.2 Å². The number of fused-ring (bicyclic) bond motifs is 1. The third kappa shape index (κ3) is 5.93. The molecule has 3 aromatic rings. The molecule has 2 aromatic heterocycles. The first-order valence-electron chi connectivity index (χ1n) is 12.7. The fraction of sp³-hybridized carbons (Fsp3) is 0.480. The van der Waals surface area contributed by atoms with Crippen molar-refractivity contribution in [1.82, 2.24) is 19.7 Å². The normalized spacial score (nSPS) is 27.0. The number of hydrogen-bond acceptors (Lipinski definition) is 11. The summed E-state index contributed by atoms with van der Waals surface area (Å²) in [6.07, 6.45) is 0.913. The molecule has 13 nitrogen and oxygen atoms in total. The van der Waals surface area contributed by atoms with Crippen molar-refractivity contribution in [3.63, 3.8) is 0 Å². The molecule has 5 rings (SSSR count). The number of para-hydroxylation sites is 1. The van der Waals surface area contributed by atoms with E-state index < -0.39 is 50.8 Å². The molecule has 1 saturated heterocycles. The van der Waals surface area contributed by atoms with Gasteiger partial charge in [0.1, 0.15) is 54.2 Å². The zero-order valence-corrected chi connectivity index (χ0v) is 22.3. The van der Waals surface area contributed by atoms with Gasteiger partial charge in [0.15, 0.2) is 5.82 Å². The van der Waals surface area contributed by atoms with Crippen molar-refractivity contribution in [2.75, 3.05) is 18.9 Å². The first kappa shape index (κ1) is 27.5. The quantitative estimate of drug-likeness (QED) is 0.210. The first-order valence-corrected chi connectivity index (χ1v) is 14.3. The van der Waals surface area contributed by atoms with Crippen LogP contribution in [-0.4, -0.2) is 67.8 Å². The largest absolute Gasteiger partial charge is 0.461 e. The molecule has 1 saturated carbocycles. The number of aliphatic hydroxyl groups is 2. The number of hydrogen-bond donors (Lipinski definition) is 4. The highest BCUT2D eigenvalue weighted by Gasteiger charge is 2.53. The van der Waals surface area contributed by atoms with Crippen LogP contribution in [0.2, 0.25) is 0 Å². The van der Waals surface area contributed by atoms with E-state index >= 15 is 0 Å². The second-order valence-corrected chi connectivity index (χ2v) is 11.6. The number of nitrogen functional groups attached to an aromatic ring is 1. The van der Waals surface area contributed by atoms with Crippen LogP contribution in [0.3, 0.4) is 0 Å². The molecule has 5 atom stereocenters. The monoisotopic (exact) mass is 561 g/mol. The molecule has 1 aliphatic carbocycles. The Kier molecular flexibility index (Phi) is 7.90. The van der Waals surface area contributed by atoms with Gasteiger partial charge in [0.25, 0.3) is 0 Å². The summed E-state index contributed by atoms with van der Waals surface area (Å²) in [5.41, 5.74) is 5.35. The predicted octanol–water partition coefficient (Wildman–Crippen LogP) is 2.14. The Morgan fingerprint density at radius 3 is 2.72 bits per heavy atom. The number of nitrogens with one attached hydrogen (secondary N) is 1. The Morgan fingerprint density at radius 2 is 1.97 bits per heavy atom. The van der Waals surface area contributed by atoms with E-state index in [-0.39, 0.29) is 17.7 Å². The summed E-state index contributed by atoms with van der Waals surface area (Å²) in [4.78, 5) is 16.3. The average Bonchev–Trinajstić information content (AvgIpc) is 3.64. The minimum Gasteiger partial charge on any atom is -0.461 e. The van der Waals surface area contributed by atoms with Gasteiger partial charge < -0.3 is 29.9 Å². The van der Waals surface area contributed by atoms with E-state index in [1.165, 1.54) is 17.8 Å². The van der Waals surface area contributed by atoms with Crippen molar-refractivity contribution in [2.24, 2.45) is 0 Å². The van der Waals surface area contributed by atoms with Gasteiger partial charge in [-0.2, -0.15) is 5.10 Å². The number of aliphatic hydroxyl groups excluding tert-OH is 2. The summed E-state index contributed by atoms with van der Waals surface area (Å²) in [6.45, 7) is 0.654. The topological polar surface area (TPSA) is 180 Å². The second kappa shape index (κ2) is 11.2. The smallest absolute Gasteiger partial charge is 0.459 e. The molecule has 0 radical (unpaired) electrons. The summed E-state index contributed by atoms with van der Waals surface area (Å²) < 4.78 is 38.1. The SMILES string of the molecule is C[C@]1(CO[P@](=O)(NCC(=O)OC2CCCC2)Oc2ccccc2)O[C@@H](c2ccc3c(N)ncnn23)[C@H](O)[C@@H]1O. The van der Waals surface area contributed by atoms with Crippen molar-refractivity contribution < 1.29 is 38.1 Å². The molecule has 0 unspecified atom stereocenters. The highest BCUT2D eigenvalue weighted by Crippen LogP contribution is 2.48. The number of anilines is 1. The zero-order chi connectivity index (χ0) is 27.6. The number of aromatic nitrogens is 3. The first-order chi connectivity index (χ1) is 18.7. The van der Waals surface area contributed by atoms with Crippen LogP contribution >= 0.6 is 7.75 Å². The molecule has 3 heterocycles. The van der Waals surface area contributed by atoms with Crippen molar-refractivity contribution in [3.05, 3.63) is 54.5 Å². The van der Waals surface area contributed by atoms with Crippen LogP contribution in [0.25, 0.3) is 5.52 Å². The molecule has 1 aromatic carbocycles. The minimum absolute atomic E-state index is 0.153. The molecule has 14 heteroatoms. The molecule has 0 bridgehead atoms. The van der Waals surface area contributed by atoms with Gasteiger partial charge in [0, 0.05) is 0 Å². The number of carbonyl (C=O) groups excluding carboxylic acids is 1. The minimum atomic E-state index is -4.17.